The molecule has 1 atom stereocenters. The Balaban J connectivity index is 2.09. The zero-order chi connectivity index (χ0) is 12.1. The predicted molar refractivity (Wildman–Crippen MR) is 72.9 cm³/mol. The first kappa shape index (κ1) is 11.6. The summed E-state index contributed by atoms with van der Waals surface area (Å²) in [5.41, 5.74) is 3.54. The fourth-order valence-corrected chi connectivity index (χ4v) is 1.67. The predicted octanol–water partition coefficient (Wildman–Crippen LogP) is 4.21. The van der Waals surface area contributed by atoms with Crippen LogP contribution in [0.25, 0.3) is 6.08 Å². The second kappa shape index (κ2) is 5.44. The molecule has 1 heteroatoms. The number of pyridine rings is 1. The Labute approximate surface area is 103 Å². The van der Waals surface area contributed by atoms with Gasteiger partial charge in [0.2, 0.25) is 0 Å². The van der Waals surface area contributed by atoms with Crippen molar-refractivity contribution < 1.29 is 0 Å². The third-order valence-electron chi connectivity index (χ3n) is 2.78. The quantitative estimate of drug-likeness (QED) is 0.759. The minimum atomic E-state index is 0.343. The fourth-order valence-electron chi connectivity index (χ4n) is 1.67. The summed E-state index contributed by atoms with van der Waals surface area (Å²) in [7, 11) is 0. The second-order valence-electron chi connectivity index (χ2n) is 4.32. The Morgan fingerprint density at radius 1 is 1.06 bits per heavy atom. The first-order valence-corrected chi connectivity index (χ1v) is 5.91. The van der Waals surface area contributed by atoms with E-state index in [1.54, 1.807) is 0 Å². The SMILES string of the molecule is Cc1ccc(C(C)/C=C/c2ccccc2)nc1. The van der Waals surface area contributed by atoms with E-state index in [1.807, 2.05) is 12.3 Å². The van der Waals surface area contributed by atoms with Crippen molar-refractivity contribution in [3.63, 3.8) is 0 Å². The summed E-state index contributed by atoms with van der Waals surface area (Å²) in [6.45, 7) is 4.22. The van der Waals surface area contributed by atoms with Crippen LogP contribution >= 0.6 is 0 Å². The van der Waals surface area contributed by atoms with Crippen LogP contribution in [0.15, 0.2) is 54.7 Å². The number of nitrogens with zero attached hydrogens (tertiary/aromatic N) is 1. The Bertz CT molecular complexity index is 483. The maximum atomic E-state index is 4.44. The van der Waals surface area contributed by atoms with Crippen LogP contribution in [-0.2, 0) is 0 Å². The number of hydrogen-bond donors (Lipinski definition) is 0. The van der Waals surface area contributed by atoms with Gasteiger partial charge in [0.25, 0.3) is 0 Å². The molecule has 0 radical (unpaired) electrons. The van der Waals surface area contributed by atoms with Gasteiger partial charge in [-0.15, -0.1) is 0 Å². The van der Waals surface area contributed by atoms with Gasteiger partial charge >= 0.3 is 0 Å². The normalized spacial score (nSPS) is 12.8. The summed E-state index contributed by atoms with van der Waals surface area (Å²) in [4.78, 5) is 4.44. The van der Waals surface area contributed by atoms with Crippen LogP contribution in [0.2, 0.25) is 0 Å². The lowest BCUT2D eigenvalue weighted by Crippen LogP contribution is -1.93. The molecule has 0 spiro atoms. The van der Waals surface area contributed by atoms with Crippen molar-refractivity contribution in [1.82, 2.24) is 4.98 Å². The number of allylic oxidation sites excluding steroid dienone is 1. The molecule has 2 rings (SSSR count). The molecule has 0 N–H and O–H groups in total. The number of benzene rings is 1. The Kier molecular flexibility index (Phi) is 3.71. The number of aryl methyl sites for hydroxylation is 1. The van der Waals surface area contributed by atoms with E-state index in [-0.39, 0.29) is 0 Å². The molecule has 0 aliphatic heterocycles. The highest BCUT2D eigenvalue weighted by Crippen LogP contribution is 2.15. The molecule has 1 unspecified atom stereocenters. The molecule has 2 aromatic rings. The van der Waals surface area contributed by atoms with Crippen LogP contribution in [0.1, 0.15) is 29.7 Å². The average Bonchev–Trinajstić information content (AvgIpc) is 2.38. The smallest absolute Gasteiger partial charge is 0.0469 e. The molecule has 17 heavy (non-hydrogen) atoms. The van der Waals surface area contributed by atoms with Gasteiger partial charge in [0.15, 0.2) is 0 Å². The lowest BCUT2D eigenvalue weighted by Gasteiger charge is -2.05. The summed E-state index contributed by atoms with van der Waals surface area (Å²) in [6, 6.07) is 14.5. The van der Waals surface area contributed by atoms with E-state index in [2.05, 4.69) is 67.4 Å². The minimum Gasteiger partial charge on any atom is -0.260 e. The largest absolute Gasteiger partial charge is 0.260 e. The van der Waals surface area contributed by atoms with Gasteiger partial charge < -0.3 is 0 Å². The van der Waals surface area contributed by atoms with Gasteiger partial charge in [-0.3, -0.25) is 4.98 Å². The third-order valence-corrected chi connectivity index (χ3v) is 2.78. The molecule has 0 saturated heterocycles. The molecule has 0 amide bonds. The van der Waals surface area contributed by atoms with E-state index in [1.165, 1.54) is 11.1 Å². The van der Waals surface area contributed by atoms with Crippen LogP contribution in [-0.4, -0.2) is 4.98 Å². The fraction of sp³-hybridized carbons (Fsp3) is 0.188. The van der Waals surface area contributed by atoms with Gasteiger partial charge in [0.05, 0.1) is 0 Å². The highest BCUT2D eigenvalue weighted by atomic mass is 14.7. The van der Waals surface area contributed by atoms with Crippen LogP contribution in [0, 0.1) is 6.92 Å². The topological polar surface area (TPSA) is 12.9 Å². The van der Waals surface area contributed by atoms with Crippen molar-refractivity contribution in [2.24, 2.45) is 0 Å². The molecule has 86 valence electrons. The van der Waals surface area contributed by atoms with E-state index in [0.717, 1.165) is 5.69 Å². The average molecular weight is 223 g/mol. The zero-order valence-electron chi connectivity index (χ0n) is 10.3. The van der Waals surface area contributed by atoms with Crippen molar-refractivity contribution in [3.05, 3.63) is 71.6 Å². The summed E-state index contributed by atoms with van der Waals surface area (Å²) in [5.74, 6) is 0.343. The highest BCUT2D eigenvalue weighted by molar-refractivity contribution is 5.50. The molecular formula is C16H17N. The van der Waals surface area contributed by atoms with Crippen molar-refractivity contribution in [3.8, 4) is 0 Å². The minimum absolute atomic E-state index is 0.343. The Hall–Kier alpha value is -1.89. The van der Waals surface area contributed by atoms with Crippen molar-refractivity contribution in [2.75, 3.05) is 0 Å². The maximum Gasteiger partial charge on any atom is 0.0469 e. The number of rotatable bonds is 3. The summed E-state index contributed by atoms with van der Waals surface area (Å²) in [5, 5.41) is 0. The van der Waals surface area contributed by atoms with Crippen LogP contribution in [0.5, 0.6) is 0 Å². The number of aromatic nitrogens is 1. The lowest BCUT2D eigenvalue weighted by molar-refractivity contribution is 0.907. The van der Waals surface area contributed by atoms with Crippen LogP contribution in [0.4, 0.5) is 0 Å². The van der Waals surface area contributed by atoms with E-state index >= 15 is 0 Å². The Morgan fingerprint density at radius 2 is 1.82 bits per heavy atom. The van der Waals surface area contributed by atoms with Gasteiger partial charge in [-0.05, 0) is 24.1 Å². The molecule has 0 fully saturated rings. The van der Waals surface area contributed by atoms with Crippen molar-refractivity contribution in [2.45, 2.75) is 19.8 Å². The molecule has 1 nitrogen and oxygen atoms in total. The summed E-state index contributed by atoms with van der Waals surface area (Å²) in [6.07, 6.45) is 6.25. The molecule has 0 aliphatic carbocycles. The molecular weight excluding hydrogens is 206 g/mol. The van der Waals surface area contributed by atoms with E-state index in [9.17, 15) is 0 Å². The van der Waals surface area contributed by atoms with E-state index < -0.39 is 0 Å². The standard InChI is InChI=1S/C16H17N/c1-13-8-11-16(17-12-13)14(2)9-10-15-6-4-3-5-7-15/h3-12,14H,1-2H3/b10-9+. The highest BCUT2D eigenvalue weighted by Gasteiger charge is 2.01. The monoisotopic (exact) mass is 223 g/mol. The van der Waals surface area contributed by atoms with Gasteiger partial charge in [-0.25, -0.2) is 0 Å². The molecule has 1 heterocycles. The number of hydrogen-bond acceptors (Lipinski definition) is 1. The van der Waals surface area contributed by atoms with Gasteiger partial charge in [-0.2, -0.15) is 0 Å². The van der Waals surface area contributed by atoms with E-state index in [4.69, 9.17) is 0 Å². The van der Waals surface area contributed by atoms with Gasteiger partial charge in [-0.1, -0.05) is 55.5 Å². The Morgan fingerprint density at radius 3 is 2.47 bits per heavy atom. The zero-order valence-corrected chi connectivity index (χ0v) is 10.3. The second-order valence-corrected chi connectivity index (χ2v) is 4.32. The molecule has 0 saturated carbocycles. The van der Waals surface area contributed by atoms with Gasteiger partial charge in [0.1, 0.15) is 0 Å². The summed E-state index contributed by atoms with van der Waals surface area (Å²) >= 11 is 0. The molecule has 1 aromatic carbocycles. The van der Waals surface area contributed by atoms with Crippen LogP contribution < -0.4 is 0 Å². The molecule has 1 aromatic heterocycles. The third kappa shape index (κ3) is 3.28. The lowest BCUT2D eigenvalue weighted by atomic mass is 10.0. The van der Waals surface area contributed by atoms with Crippen molar-refractivity contribution in [1.29, 1.82) is 0 Å². The molecule has 0 bridgehead atoms. The first-order chi connectivity index (χ1) is 8.25. The van der Waals surface area contributed by atoms with Gasteiger partial charge in [0, 0.05) is 17.8 Å². The maximum absolute atomic E-state index is 4.44. The van der Waals surface area contributed by atoms with E-state index in [0.29, 0.717) is 5.92 Å². The molecule has 0 aliphatic rings. The van der Waals surface area contributed by atoms with Crippen LogP contribution in [0.3, 0.4) is 0 Å². The van der Waals surface area contributed by atoms with Crippen molar-refractivity contribution >= 4 is 6.08 Å². The summed E-state index contributed by atoms with van der Waals surface area (Å²) < 4.78 is 0. The first-order valence-electron chi connectivity index (χ1n) is 5.91.